The summed E-state index contributed by atoms with van der Waals surface area (Å²) in [6, 6.07) is 15.1. The molecule has 0 fully saturated rings. The van der Waals surface area contributed by atoms with Crippen LogP contribution in [-0.2, 0) is 6.54 Å². The van der Waals surface area contributed by atoms with Crippen molar-refractivity contribution in [3.8, 4) is 11.3 Å². The fraction of sp³-hybridized carbons (Fsp3) is 0.211. The maximum Gasteiger partial charge on any atom is 0.335 e. The third kappa shape index (κ3) is 3.51. The van der Waals surface area contributed by atoms with E-state index in [1.807, 2.05) is 6.20 Å². The lowest BCUT2D eigenvalue weighted by Gasteiger charge is -2.06. The van der Waals surface area contributed by atoms with E-state index in [2.05, 4.69) is 48.4 Å². The van der Waals surface area contributed by atoms with Crippen molar-refractivity contribution in [3.63, 3.8) is 0 Å². The summed E-state index contributed by atoms with van der Waals surface area (Å²) in [6.45, 7) is 5.00. The molecule has 0 unspecified atom stereocenters. The lowest BCUT2D eigenvalue weighted by molar-refractivity contribution is 0.0697. The van der Waals surface area contributed by atoms with Crippen molar-refractivity contribution in [2.75, 3.05) is 0 Å². The van der Waals surface area contributed by atoms with Crippen LogP contribution < -0.4 is 0 Å². The lowest BCUT2D eigenvalue weighted by atomic mass is 10.0. The van der Waals surface area contributed by atoms with Crippen LogP contribution in [0.2, 0.25) is 0 Å². The zero-order valence-electron chi connectivity index (χ0n) is 13.7. The second-order valence-corrected chi connectivity index (χ2v) is 6.08. The normalized spacial score (nSPS) is 11.0. The van der Waals surface area contributed by atoms with Gasteiger partial charge in [-0.05, 0) is 29.2 Å². The Hall–Kier alpha value is -2.95. The molecule has 0 saturated heterocycles. The molecule has 5 heteroatoms. The Balaban J connectivity index is 1.74. The van der Waals surface area contributed by atoms with Gasteiger partial charge in [-0.25, -0.2) is 9.48 Å². The van der Waals surface area contributed by atoms with Gasteiger partial charge in [0, 0.05) is 5.56 Å². The molecule has 122 valence electrons. The zero-order chi connectivity index (χ0) is 17.1. The molecule has 0 radical (unpaired) electrons. The van der Waals surface area contributed by atoms with Gasteiger partial charge in [0.05, 0.1) is 18.3 Å². The first kappa shape index (κ1) is 15.9. The smallest absolute Gasteiger partial charge is 0.335 e. The number of carboxylic acid groups (broad SMARTS) is 1. The topological polar surface area (TPSA) is 68.0 Å². The molecule has 1 N–H and O–H groups in total. The molecule has 3 rings (SSSR count). The molecule has 0 aliphatic rings. The number of hydrogen-bond acceptors (Lipinski definition) is 3. The van der Waals surface area contributed by atoms with E-state index in [4.69, 9.17) is 5.11 Å². The number of aromatic nitrogens is 3. The largest absolute Gasteiger partial charge is 0.478 e. The highest BCUT2D eigenvalue weighted by Gasteiger charge is 2.07. The van der Waals surface area contributed by atoms with Crippen molar-refractivity contribution >= 4 is 5.97 Å². The molecule has 0 saturated carbocycles. The third-order valence-electron chi connectivity index (χ3n) is 3.96. The standard InChI is InChI=1S/C19H19N3O2/c1-13(2)15-5-3-14(4-6-15)11-22-12-18(20-21-22)16-7-9-17(10-8-16)19(23)24/h3-10,12-13H,11H2,1-2H3,(H,23,24). The first-order valence-electron chi connectivity index (χ1n) is 7.85. The first-order chi connectivity index (χ1) is 11.5. The van der Waals surface area contributed by atoms with E-state index in [9.17, 15) is 4.79 Å². The second-order valence-electron chi connectivity index (χ2n) is 6.08. The number of benzene rings is 2. The molecule has 0 amide bonds. The van der Waals surface area contributed by atoms with Gasteiger partial charge < -0.3 is 5.11 Å². The van der Waals surface area contributed by atoms with E-state index in [0.717, 1.165) is 16.8 Å². The highest BCUT2D eigenvalue weighted by atomic mass is 16.4. The average molecular weight is 321 g/mol. The van der Waals surface area contributed by atoms with Gasteiger partial charge in [-0.3, -0.25) is 0 Å². The van der Waals surface area contributed by atoms with E-state index < -0.39 is 5.97 Å². The third-order valence-corrected chi connectivity index (χ3v) is 3.96. The average Bonchev–Trinajstić information content (AvgIpc) is 3.04. The Morgan fingerprint density at radius 3 is 2.33 bits per heavy atom. The molecule has 0 aliphatic carbocycles. The van der Waals surface area contributed by atoms with Gasteiger partial charge in [0.15, 0.2) is 0 Å². The summed E-state index contributed by atoms with van der Waals surface area (Å²) in [6.07, 6.45) is 1.87. The lowest BCUT2D eigenvalue weighted by Crippen LogP contribution is -2.00. The second kappa shape index (κ2) is 6.66. The van der Waals surface area contributed by atoms with Crippen molar-refractivity contribution in [1.82, 2.24) is 15.0 Å². The summed E-state index contributed by atoms with van der Waals surface area (Å²) in [7, 11) is 0. The number of aromatic carboxylic acids is 1. The predicted molar refractivity (Wildman–Crippen MR) is 92.1 cm³/mol. The zero-order valence-corrected chi connectivity index (χ0v) is 13.7. The summed E-state index contributed by atoms with van der Waals surface area (Å²) in [5, 5.41) is 17.3. The van der Waals surface area contributed by atoms with Gasteiger partial charge in [-0.15, -0.1) is 5.10 Å². The molecule has 0 bridgehead atoms. The van der Waals surface area contributed by atoms with E-state index >= 15 is 0 Å². The van der Waals surface area contributed by atoms with Gasteiger partial charge in [0.2, 0.25) is 0 Å². The van der Waals surface area contributed by atoms with Crippen molar-refractivity contribution < 1.29 is 9.90 Å². The van der Waals surface area contributed by atoms with Gasteiger partial charge >= 0.3 is 5.97 Å². The summed E-state index contributed by atoms with van der Waals surface area (Å²) in [5.41, 5.74) is 4.32. The minimum atomic E-state index is -0.935. The monoisotopic (exact) mass is 321 g/mol. The van der Waals surface area contributed by atoms with Crippen molar-refractivity contribution in [2.45, 2.75) is 26.3 Å². The van der Waals surface area contributed by atoms with Crippen LogP contribution in [0.5, 0.6) is 0 Å². The highest BCUT2D eigenvalue weighted by molar-refractivity contribution is 5.88. The molecule has 0 atom stereocenters. The molecule has 5 nitrogen and oxygen atoms in total. The van der Waals surface area contributed by atoms with Gasteiger partial charge in [0.25, 0.3) is 0 Å². The van der Waals surface area contributed by atoms with Gasteiger partial charge in [-0.1, -0.05) is 55.5 Å². The van der Waals surface area contributed by atoms with Crippen LogP contribution in [0, 0.1) is 0 Å². The highest BCUT2D eigenvalue weighted by Crippen LogP contribution is 2.18. The summed E-state index contributed by atoms with van der Waals surface area (Å²) >= 11 is 0. The molecule has 1 heterocycles. The van der Waals surface area contributed by atoms with Crippen LogP contribution in [0.3, 0.4) is 0 Å². The minimum Gasteiger partial charge on any atom is -0.478 e. The Morgan fingerprint density at radius 2 is 1.75 bits per heavy atom. The number of carboxylic acids is 1. The van der Waals surface area contributed by atoms with E-state index in [0.29, 0.717) is 12.5 Å². The fourth-order valence-corrected chi connectivity index (χ4v) is 2.49. The van der Waals surface area contributed by atoms with E-state index in [1.165, 1.54) is 5.56 Å². The fourth-order valence-electron chi connectivity index (χ4n) is 2.49. The Labute approximate surface area is 140 Å². The van der Waals surface area contributed by atoms with E-state index in [1.54, 1.807) is 28.9 Å². The molecule has 2 aromatic carbocycles. The SMILES string of the molecule is CC(C)c1ccc(Cn2cc(-c3ccc(C(=O)O)cc3)nn2)cc1. The molecule has 0 aliphatic heterocycles. The Bertz CT molecular complexity index is 834. The molecular weight excluding hydrogens is 302 g/mol. The van der Waals surface area contributed by atoms with Crippen LogP contribution in [0.4, 0.5) is 0 Å². The number of nitrogens with zero attached hydrogens (tertiary/aromatic N) is 3. The van der Waals surface area contributed by atoms with Crippen LogP contribution >= 0.6 is 0 Å². The molecule has 1 aromatic heterocycles. The van der Waals surface area contributed by atoms with Gasteiger partial charge in [-0.2, -0.15) is 0 Å². The maximum absolute atomic E-state index is 10.9. The van der Waals surface area contributed by atoms with Crippen LogP contribution in [0.1, 0.15) is 41.3 Å². The predicted octanol–water partition coefficient (Wildman–Crippen LogP) is 3.82. The first-order valence-corrected chi connectivity index (χ1v) is 7.85. The van der Waals surface area contributed by atoms with Crippen LogP contribution in [-0.4, -0.2) is 26.1 Å². The summed E-state index contributed by atoms with van der Waals surface area (Å²) < 4.78 is 1.78. The molecule has 3 aromatic rings. The molecule has 0 spiro atoms. The van der Waals surface area contributed by atoms with Crippen molar-refractivity contribution in [2.24, 2.45) is 0 Å². The van der Waals surface area contributed by atoms with Crippen LogP contribution in [0.25, 0.3) is 11.3 Å². The Morgan fingerprint density at radius 1 is 1.08 bits per heavy atom. The van der Waals surface area contributed by atoms with Crippen LogP contribution in [0.15, 0.2) is 54.7 Å². The van der Waals surface area contributed by atoms with E-state index in [-0.39, 0.29) is 5.56 Å². The van der Waals surface area contributed by atoms with Crippen molar-refractivity contribution in [3.05, 3.63) is 71.4 Å². The maximum atomic E-state index is 10.9. The summed E-state index contributed by atoms with van der Waals surface area (Å²) in [5.74, 6) is -0.416. The van der Waals surface area contributed by atoms with Crippen molar-refractivity contribution in [1.29, 1.82) is 0 Å². The molecule has 24 heavy (non-hydrogen) atoms. The summed E-state index contributed by atoms with van der Waals surface area (Å²) in [4.78, 5) is 10.9. The van der Waals surface area contributed by atoms with Gasteiger partial charge in [0.1, 0.15) is 5.69 Å². The number of carbonyl (C=O) groups is 1. The number of rotatable bonds is 5. The molecular formula is C19H19N3O2. The Kier molecular flexibility index (Phi) is 4.42. The quantitative estimate of drug-likeness (QED) is 0.776. The minimum absolute atomic E-state index is 0.261. The number of hydrogen-bond donors (Lipinski definition) is 1.